The van der Waals surface area contributed by atoms with Crippen LogP contribution in [0.5, 0.6) is 0 Å². The molecular formula is C20H23N3O3. The fourth-order valence-corrected chi connectivity index (χ4v) is 2.75. The maximum absolute atomic E-state index is 12.3. The molecule has 3 rings (SSSR count). The molecular weight excluding hydrogens is 330 g/mol. The Kier molecular flexibility index (Phi) is 5.99. The molecule has 1 aliphatic rings. The molecule has 0 saturated carbocycles. The van der Waals surface area contributed by atoms with Crippen LogP contribution in [0.4, 0.5) is 11.4 Å². The summed E-state index contributed by atoms with van der Waals surface area (Å²) in [6.07, 6.45) is 0.195. The first kappa shape index (κ1) is 18.1. The third kappa shape index (κ3) is 5.15. The summed E-state index contributed by atoms with van der Waals surface area (Å²) >= 11 is 0. The summed E-state index contributed by atoms with van der Waals surface area (Å²) in [7, 11) is 0. The molecule has 2 amide bonds. The average Bonchev–Trinajstić information content (AvgIpc) is 2.63. The highest BCUT2D eigenvalue weighted by Gasteiger charge is 2.17. The Hall–Kier alpha value is -2.70. The van der Waals surface area contributed by atoms with Gasteiger partial charge in [-0.05, 0) is 37.3 Å². The van der Waals surface area contributed by atoms with Gasteiger partial charge in [0.2, 0.25) is 5.91 Å². The maximum Gasteiger partial charge on any atom is 0.255 e. The van der Waals surface area contributed by atoms with Crippen molar-refractivity contribution < 1.29 is 14.3 Å². The molecule has 3 N–H and O–H groups in total. The molecule has 26 heavy (non-hydrogen) atoms. The van der Waals surface area contributed by atoms with Crippen LogP contribution in [0.3, 0.4) is 0 Å². The number of carbonyl (C=O) groups excluding carboxylic acids is 2. The molecule has 0 bridgehead atoms. The van der Waals surface area contributed by atoms with Gasteiger partial charge in [0.1, 0.15) is 0 Å². The number of anilines is 2. The first-order chi connectivity index (χ1) is 12.6. The lowest BCUT2D eigenvalue weighted by Crippen LogP contribution is -2.40. The van der Waals surface area contributed by atoms with E-state index in [9.17, 15) is 9.59 Å². The predicted molar refractivity (Wildman–Crippen MR) is 101 cm³/mol. The molecule has 136 valence electrons. The zero-order valence-electron chi connectivity index (χ0n) is 14.7. The number of carbonyl (C=O) groups is 2. The van der Waals surface area contributed by atoms with Crippen LogP contribution < -0.4 is 16.0 Å². The summed E-state index contributed by atoms with van der Waals surface area (Å²) in [5, 5.41) is 8.90. The van der Waals surface area contributed by atoms with Gasteiger partial charge in [-0.2, -0.15) is 0 Å². The molecule has 0 spiro atoms. The largest absolute Gasteiger partial charge is 0.375 e. The number of nitrogens with one attached hydrogen (secondary N) is 3. The van der Waals surface area contributed by atoms with Crippen LogP contribution in [0.15, 0.2) is 48.5 Å². The fraction of sp³-hybridized carbons (Fsp3) is 0.300. The van der Waals surface area contributed by atoms with Gasteiger partial charge in [-0.15, -0.1) is 0 Å². The van der Waals surface area contributed by atoms with Crippen molar-refractivity contribution in [2.45, 2.75) is 19.4 Å². The van der Waals surface area contributed by atoms with E-state index in [1.54, 1.807) is 36.4 Å². The van der Waals surface area contributed by atoms with E-state index in [1.807, 2.05) is 19.1 Å². The minimum absolute atomic E-state index is 0.104. The summed E-state index contributed by atoms with van der Waals surface area (Å²) < 4.78 is 5.54. The quantitative estimate of drug-likeness (QED) is 0.772. The number of ether oxygens (including phenoxy) is 1. The van der Waals surface area contributed by atoms with Crippen LogP contribution in [0.25, 0.3) is 0 Å². The molecule has 0 aromatic heterocycles. The second kappa shape index (κ2) is 8.60. The van der Waals surface area contributed by atoms with E-state index in [1.165, 1.54) is 0 Å². The molecule has 1 aliphatic heterocycles. The van der Waals surface area contributed by atoms with Crippen LogP contribution in [0.2, 0.25) is 0 Å². The second-order valence-corrected chi connectivity index (χ2v) is 6.35. The predicted octanol–water partition coefficient (Wildman–Crippen LogP) is 2.56. The summed E-state index contributed by atoms with van der Waals surface area (Å²) in [5.41, 5.74) is 2.96. The van der Waals surface area contributed by atoms with Gasteiger partial charge in [0.05, 0.1) is 19.1 Å². The third-order valence-corrected chi connectivity index (χ3v) is 4.14. The smallest absolute Gasteiger partial charge is 0.255 e. The SMILES string of the molecule is Cc1ccc(C(=O)Nc2cccc(NC(=O)C[C@H]3CNCCO3)c2)cc1. The van der Waals surface area contributed by atoms with Crippen LogP contribution in [-0.2, 0) is 9.53 Å². The Labute approximate surface area is 152 Å². The zero-order valence-corrected chi connectivity index (χ0v) is 14.7. The Morgan fingerprint density at radius 2 is 1.85 bits per heavy atom. The average molecular weight is 353 g/mol. The fourth-order valence-electron chi connectivity index (χ4n) is 2.75. The minimum atomic E-state index is -0.185. The Morgan fingerprint density at radius 1 is 1.12 bits per heavy atom. The Balaban J connectivity index is 1.57. The van der Waals surface area contributed by atoms with Crippen molar-refractivity contribution in [2.75, 3.05) is 30.3 Å². The lowest BCUT2D eigenvalue weighted by atomic mass is 10.1. The maximum atomic E-state index is 12.3. The first-order valence-corrected chi connectivity index (χ1v) is 8.70. The van der Waals surface area contributed by atoms with E-state index < -0.39 is 0 Å². The van der Waals surface area contributed by atoms with Crippen molar-refractivity contribution in [3.63, 3.8) is 0 Å². The van der Waals surface area contributed by atoms with Crippen molar-refractivity contribution in [2.24, 2.45) is 0 Å². The molecule has 0 aliphatic carbocycles. The van der Waals surface area contributed by atoms with Gasteiger partial charge < -0.3 is 20.7 Å². The number of morpholine rings is 1. The van der Waals surface area contributed by atoms with E-state index in [0.29, 0.717) is 36.5 Å². The monoisotopic (exact) mass is 353 g/mol. The van der Waals surface area contributed by atoms with Gasteiger partial charge in [0.15, 0.2) is 0 Å². The lowest BCUT2D eigenvalue weighted by molar-refractivity contribution is -0.119. The van der Waals surface area contributed by atoms with Crippen molar-refractivity contribution in [3.8, 4) is 0 Å². The van der Waals surface area contributed by atoms with Gasteiger partial charge in [0.25, 0.3) is 5.91 Å². The summed E-state index contributed by atoms with van der Waals surface area (Å²) in [6.45, 7) is 4.10. The first-order valence-electron chi connectivity index (χ1n) is 8.70. The number of hydrogen-bond acceptors (Lipinski definition) is 4. The molecule has 1 heterocycles. The van der Waals surface area contributed by atoms with E-state index >= 15 is 0 Å². The lowest BCUT2D eigenvalue weighted by Gasteiger charge is -2.23. The Bertz CT molecular complexity index is 768. The highest BCUT2D eigenvalue weighted by Crippen LogP contribution is 2.17. The summed E-state index contributed by atoms with van der Waals surface area (Å²) in [4.78, 5) is 24.5. The minimum Gasteiger partial charge on any atom is -0.375 e. The standard InChI is InChI=1S/C20H23N3O3/c1-14-5-7-15(8-6-14)20(25)23-17-4-2-3-16(11-17)22-19(24)12-18-13-21-9-10-26-18/h2-8,11,18,21H,9-10,12-13H2,1H3,(H,22,24)(H,23,25)/t18-/m0/s1. The van der Waals surface area contributed by atoms with E-state index in [0.717, 1.165) is 12.1 Å². The molecule has 1 fully saturated rings. The van der Waals surface area contributed by atoms with Crippen LogP contribution in [-0.4, -0.2) is 37.6 Å². The zero-order chi connectivity index (χ0) is 18.4. The second-order valence-electron chi connectivity index (χ2n) is 6.35. The summed E-state index contributed by atoms with van der Waals surface area (Å²) in [5.74, 6) is -0.295. The van der Waals surface area contributed by atoms with Crippen LogP contribution in [0.1, 0.15) is 22.3 Å². The van der Waals surface area contributed by atoms with E-state index in [2.05, 4.69) is 16.0 Å². The third-order valence-electron chi connectivity index (χ3n) is 4.14. The molecule has 0 radical (unpaired) electrons. The van der Waals surface area contributed by atoms with Gasteiger partial charge in [-0.1, -0.05) is 23.8 Å². The van der Waals surface area contributed by atoms with Gasteiger partial charge in [-0.25, -0.2) is 0 Å². The van der Waals surface area contributed by atoms with Crippen molar-refractivity contribution in [1.82, 2.24) is 5.32 Å². The number of rotatable bonds is 5. The molecule has 6 heteroatoms. The molecule has 2 aromatic rings. The van der Waals surface area contributed by atoms with Crippen molar-refractivity contribution in [1.29, 1.82) is 0 Å². The number of hydrogen-bond donors (Lipinski definition) is 3. The van der Waals surface area contributed by atoms with Crippen molar-refractivity contribution in [3.05, 3.63) is 59.7 Å². The normalized spacial score (nSPS) is 16.7. The van der Waals surface area contributed by atoms with Crippen LogP contribution >= 0.6 is 0 Å². The Morgan fingerprint density at radius 3 is 2.54 bits per heavy atom. The van der Waals surface area contributed by atoms with Gasteiger partial charge >= 0.3 is 0 Å². The molecule has 0 unspecified atom stereocenters. The van der Waals surface area contributed by atoms with Crippen molar-refractivity contribution >= 4 is 23.2 Å². The molecule has 2 aromatic carbocycles. The van der Waals surface area contributed by atoms with Crippen LogP contribution in [0, 0.1) is 6.92 Å². The number of aryl methyl sites for hydroxylation is 1. The molecule has 1 atom stereocenters. The van der Waals surface area contributed by atoms with Gasteiger partial charge in [-0.3, -0.25) is 9.59 Å². The topological polar surface area (TPSA) is 79.5 Å². The summed E-state index contributed by atoms with van der Waals surface area (Å²) in [6, 6.07) is 14.5. The van der Waals surface area contributed by atoms with E-state index in [-0.39, 0.29) is 17.9 Å². The highest BCUT2D eigenvalue weighted by molar-refractivity contribution is 6.04. The number of amides is 2. The van der Waals surface area contributed by atoms with Gasteiger partial charge in [0, 0.05) is 30.0 Å². The molecule has 6 nitrogen and oxygen atoms in total. The van der Waals surface area contributed by atoms with E-state index in [4.69, 9.17) is 4.74 Å². The highest BCUT2D eigenvalue weighted by atomic mass is 16.5. The molecule has 1 saturated heterocycles. The number of benzene rings is 2.